The Morgan fingerprint density at radius 2 is 2.37 bits per heavy atom. The lowest BCUT2D eigenvalue weighted by Crippen LogP contribution is -2.09. The van der Waals surface area contributed by atoms with Crippen molar-refractivity contribution in [2.24, 2.45) is 0 Å². The summed E-state index contributed by atoms with van der Waals surface area (Å²) in [5.74, 6) is 0.329. The second kappa shape index (κ2) is 6.29. The number of aryl methyl sites for hydroxylation is 2. The molecule has 0 saturated carbocycles. The number of aromatic nitrogens is 3. The van der Waals surface area contributed by atoms with Gasteiger partial charge in [-0.3, -0.25) is 0 Å². The molecule has 0 spiro atoms. The van der Waals surface area contributed by atoms with Gasteiger partial charge in [0.25, 0.3) is 0 Å². The third-order valence-corrected chi connectivity index (χ3v) is 4.41. The highest BCUT2D eigenvalue weighted by Crippen LogP contribution is 2.27. The molecule has 0 unspecified atom stereocenters. The zero-order valence-corrected chi connectivity index (χ0v) is 13.1. The summed E-state index contributed by atoms with van der Waals surface area (Å²) < 4.78 is 7.94. The van der Waals surface area contributed by atoms with Crippen LogP contribution in [0.4, 0.5) is 0 Å². The van der Waals surface area contributed by atoms with E-state index in [1.165, 1.54) is 11.3 Å². The summed E-state index contributed by atoms with van der Waals surface area (Å²) in [4.78, 5) is 13.6. The van der Waals surface area contributed by atoms with Crippen LogP contribution in [0.1, 0.15) is 33.7 Å². The quantitative estimate of drug-likeness (QED) is 0.782. The standard InChI is InChI=1S/C12H14BrN3O2S/c1-3-4-16-7-14-15-10(16)6-18-12(17)11-9(13)5-8(2)19-11/h5,7H,3-4,6H2,1-2H3. The number of ether oxygens (including phenoxy) is 1. The van der Waals surface area contributed by atoms with Gasteiger partial charge >= 0.3 is 5.97 Å². The summed E-state index contributed by atoms with van der Waals surface area (Å²) in [6.07, 6.45) is 2.63. The van der Waals surface area contributed by atoms with Crippen LogP contribution in [0.15, 0.2) is 16.9 Å². The van der Waals surface area contributed by atoms with Gasteiger partial charge in [0.15, 0.2) is 12.4 Å². The van der Waals surface area contributed by atoms with Crippen LogP contribution in [0.5, 0.6) is 0 Å². The number of hydrogen-bond acceptors (Lipinski definition) is 5. The Hall–Kier alpha value is -1.21. The van der Waals surface area contributed by atoms with E-state index in [-0.39, 0.29) is 12.6 Å². The number of rotatable bonds is 5. The predicted molar refractivity (Wildman–Crippen MR) is 76.2 cm³/mol. The van der Waals surface area contributed by atoms with Crippen molar-refractivity contribution in [2.75, 3.05) is 0 Å². The van der Waals surface area contributed by atoms with Crippen LogP contribution in [0.3, 0.4) is 0 Å². The number of carbonyl (C=O) groups excluding carboxylic acids is 1. The minimum atomic E-state index is -0.337. The molecule has 2 heterocycles. The summed E-state index contributed by atoms with van der Waals surface area (Å²) in [7, 11) is 0. The van der Waals surface area contributed by atoms with E-state index in [4.69, 9.17) is 4.74 Å². The molecule has 0 bridgehead atoms. The van der Waals surface area contributed by atoms with Gasteiger partial charge in [0.2, 0.25) is 0 Å². The molecule has 0 aromatic carbocycles. The lowest BCUT2D eigenvalue weighted by molar-refractivity contribution is 0.0462. The first-order valence-corrected chi connectivity index (χ1v) is 7.52. The van der Waals surface area contributed by atoms with Crippen molar-refractivity contribution >= 4 is 33.2 Å². The average molecular weight is 344 g/mol. The Kier molecular flexibility index (Phi) is 4.71. The molecule has 0 radical (unpaired) electrons. The molecule has 5 nitrogen and oxygen atoms in total. The van der Waals surface area contributed by atoms with Crippen molar-refractivity contribution in [3.8, 4) is 0 Å². The Morgan fingerprint density at radius 1 is 1.58 bits per heavy atom. The summed E-state index contributed by atoms with van der Waals surface area (Å²) in [6, 6.07) is 1.90. The Bertz CT molecular complexity index is 579. The average Bonchev–Trinajstić information content (AvgIpc) is 2.93. The maximum Gasteiger partial charge on any atom is 0.349 e. The molecule has 0 saturated heterocycles. The highest BCUT2D eigenvalue weighted by atomic mass is 79.9. The second-order valence-corrected chi connectivity index (χ2v) is 6.16. The fraction of sp³-hybridized carbons (Fsp3) is 0.417. The van der Waals surface area contributed by atoms with E-state index in [9.17, 15) is 4.79 Å². The van der Waals surface area contributed by atoms with Crippen molar-refractivity contribution in [2.45, 2.75) is 33.4 Å². The van der Waals surface area contributed by atoms with Crippen molar-refractivity contribution < 1.29 is 9.53 Å². The van der Waals surface area contributed by atoms with E-state index in [0.717, 1.165) is 22.3 Å². The molecule has 102 valence electrons. The molecule has 0 fully saturated rings. The molecule has 2 rings (SSSR count). The van der Waals surface area contributed by atoms with Gasteiger partial charge in [-0.05, 0) is 35.3 Å². The first-order chi connectivity index (χ1) is 9.11. The molecular formula is C12H14BrN3O2S. The van der Waals surface area contributed by atoms with Gasteiger partial charge in [-0.25, -0.2) is 4.79 Å². The maximum atomic E-state index is 11.9. The van der Waals surface area contributed by atoms with Crippen LogP contribution in [-0.4, -0.2) is 20.7 Å². The molecule has 0 aliphatic heterocycles. The minimum Gasteiger partial charge on any atom is -0.453 e. The van der Waals surface area contributed by atoms with Gasteiger partial charge in [-0.1, -0.05) is 6.92 Å². The molecule has 7 heteroatoms. The lowest BCUT2D eigenvalue weighted by atomic mass is 10.4. The number of hydrogen-bond donors (Lipinski definition) is 0. The van der Waals surface area contributed by atoms with E-state index in [0.29, 0.717) is 10.7 Å². The molecule has 0 aliphatic carbocycles. The SMILES string of the molecule is CCCn1cnnc1COC(=O)c1sc(C)cc1Br. The molecule has 2 aromatic rings. The Morgan fingerprint density at radius 3 is 3.00 bits per heavy atom. The first-order valence-electron chi connectivity index (χ1n) is 5.91. The van der Waals surface area contributed by atoms with Crippen molar-refractivity contribution in [3.05, 3.63) is 32.4 Å². The fourth-order valence-corrected chi connectivity index (χ4v) is 3.33. The van der Waals surface area contributed by atoms with Gasteiger partial charge in [-0.15, -0.1) is 21.5 Å². The molecule has 0 atom stereocenters. The summed E-state index contributed by atoms with van der Waals surface area (Å²) in [5.41, 5.74) is 0. The topological polar surface area (TPSA) is 57.0 Å². The number of esters is 1. The molecule has 0 amide bonds. The molecular weight excluding hydrogens is 330 g/mol. The van der Waals surface area contributed by atoms with E-state index in [1.807, 2.05) is 17.6 Å². The summed E-state index contributed by atoms with van der Waals surface area (Å²) in [6.45, 7) is 4.98. The summed E-state index contributed by atoms with van der Waals surface area (Å²) >= 11 is 4.76. The predicted octanol–water partition coefficient (Wildman–Crippen LogP) is 3.18. The minimum absolute atomic E-state index is 0.141. The third kappa shape index (κ3) is 3.42. The zero-order valence-electron chi connectivity index (χ0n) is 10.7. The first kappa shape index (κ1) is 14.2. The number of carbonyl (C=O) groups is 1. The maximum absolute atomic E-state index is 11.9. The van der Waals surface area contributed by atoms with Crippen LogP contribution in [0.25, 0.3) is 0 Å². The highest BCUT2D eigenvalue weighted by Gasteiger charge is 2.16. The van der Waals surface area contributed by atoms with Gasteiger partial charge in [0, 0.05) is 15.9 Å². The zero-order chi connectivity index (χ0) is 13.8. The number of thiophene rings is 1. The number of halogens is 1. The van der Waals surface area contributed by atoms with Crippen LogP contribution < -0.4 is 0 Å². The molecule has 0 aliphatic rings. The van der Waals surface area contributed by atoms with Crippen LogP contribution >= 0.6 is 27.3 Å². The smallest absolute Gasteiger partial charge is 0.349 e. The Labute approximate surface area is 123 Å². The van der Waals surface area contributed by atoms with Gasteiger partial charge in [-0.2, -0.15) is 0 Å². The molecule has 2 aromatic heterocycles. The van der Waals surface area contributed by atoms with E-state index >= 15 is 0 Å². The molecule has 0 N–H and O–H groups in total. The van der Waals surface area contributed by atoms with Gasteiger partial charge in [0.05, 0.1) is 0 Å². The Balaban J connectivity index is 2.00. The third-order valence-electron chi connectivity index (χ3n) is 2.49. The monoisotopic (exact) mass is 343 g/mol. The van der Waals surface area contributed by atoms with Crippen LogP contribution in [0, 0.1) is 6.92 Å². The van der Waals surface area contributed by atoms with Crippen LogP contribution in [-0.2, 0) is 17.9 Å². The molecule has 19 heavy (non-hydrogen) atoms. The van der Waals surface area contributed by atoms with E-state index in [2.05, 4.69) is 33.1 Å². The highest BCUT2D eigenvalue weighted by molar-refractivity contribution is 9.10. The summed E-state index contributed by atoms with van der Waals surface area (Å²) in [5, 5.41) is 7.78. The van der Waals surface area contributed by atoms with Crippen molar-refractivity contribution in [1.29, 1.82) is 0 Å². The van der Waals surface area contributed by atoms with Gasteiger partial charge < -0.3 is 9.30 Å². The largest absolute Gasteiger partial charge is 0.453 e. The van der Waals surface area contributed by atoms with Gasteiger partial charge in [0.1, 0.15) is 11.2 Å². The van der Waals surface area contributed by atoms with E-state index in [1.54, 1.807) is 6.33 Å². The number of nitrogens with zero attached hydrogens (tertiary/aromatic N) is 3. The van der Waals surface area contributed by atoms with Crippen molar-refractivity contribution in [1.82, 2.24) is 14.8 Å². The van der Waals surface area contributed by atoms with Crippen LogP contribution in [0.2, 0.25) is 0 Å². The lowest BCUT2D eigenvalue weighted by Gasteiger charge is -2.05. The normalized spacial score (nSPS) is 10.7. The fourth-order valence-electron chi connectivity index (χ4n) is 1.64. The van der Waals surface area contributed by atoms with E-state index < -0.39 is 0 Å². The second-order valence-electron chi connectivity index (χ2n) is 4.05. The van der Waals surface area contributed by atoms with Crippen molar-refractivity contribution in [3.63, 3.8) is 0 Å².